The molecule has 2 fully saturated rings. The summed E-state index contributed by atoms with van der Waals surface area (Å²) in [4.78, 5) is 20.2. The van der Waals surface area contributed by atoms with Gasteiger partial charge in [0.1, 0.15) is 5.82 Å². The predicted molar refractivity (Wildman–Crippen MR) is 135 cm³/mol. The highest BCUT2D eigenvalue weighted by atomic mass is 35.5. The van der Waals surface area contributed by atoms with Gasteiger partial charge in [0.25, 0.3) is 5.91 Å². The van der Waals surface area contributed by atoms with Crippen LogP contribution in [-0.4, -0.2) is 34.9 Å². The van der Waals surface area contributed by atoms with Gasteiger partial charge in [0.2, 0.25) is 0 Å². The van der Waals surface area contributed by atoms with Gasteiger partial charge in [-0.15, -0.1) is 0 Å². The van der Waals surface area contributed by atoms with Crippen LogP contribution in [0.3, 0.4) is 0 Å². The third-order valence-electron chi connectivity index (χ3n) is 7.34. The molecule has 1 aliphatic carbocycles. The molecule has 5 rings (SSSR count). The van der Waals surface area contributed by atoms with E-state index >= 15 is 0 Å². The third-order valence-corrected chi connectivity index (χ3v) is 7.57. The summed E-state index contributed by atoms with van der Waals surface area (Å²) in [7, 11) is 0. The van der Waals surface area contributed by atoms with Crippen molar-refractivity contribution in [3.05, 3.63) is 82.8 Å². The number of carbonyl (C=O) groups excluding carboxylic acids is 1. The van der Waals surface area contributed by atoms with E-state index in [0.717, 1.165) is 35.5 Å². The SMILES string of the molecule is CCc1cc(Cl)ccc1NCC1CC2(CCN1C(=O)c1cc(F)ccc1-c1ccccn1)CC2. The van der Waals surface area contributed by atoms with Crippen LogP contribution in [0.4, 0.5) is 10.1 Å². The van der Waals surface area contributed by atoms with Gasteiger partial charge in [0, 0.05) is 41.6 Å². The van der Waals surface area contributed by atoms with E-state index in [1.807, 2.05) is 41.3 Å². The van der Waals surface area contributed by atoms with Crippen molar-refractivity contribution in [3.8, 4) is 11.3 Å². The highest BCUT2D eigenvalue weighted by Gasteiger charge is 2.49. The van der Waals surface area contributed by atoms with E-state index in [1.54, 1.807) is 12.3 Å². The Morgan fingerprint density at radius 1 is 1.18 bits per heavy atom. The molecule has 4 nitrogen and oxygen atoms in total. The molecular weight excluding hydrogens is 449 g/mol. The van der Waals surface area contributed by atoms with Crippen molar-refractivity contribution in [2.75, 3.05) is 18.4 Å². The Kier molecular flexibility index (Phi) is 6.30. The molecule has 1 atom stereocenters. The number of nitrogens with one attached hydrogen (secondary N) is 1. The minimum atomic E-state index is -0.415. The van der Waals surface area contributed by atoms with Gasteiger partial charge in [-0.05, 0) is 91.6 Å². The number of nitrogens with zero attached hydrogens (tertiary/aromatic N) is 2. The first-order valence-electron chi connectivity index (χ1n) is 12.0. The van der Waals surface area contributed by atoms with Gasteiger partial charge in [0.15, 0.2) is 0 Å². The van der Waals surface area contributed by atoms with E-state index < -0.39 is 5.82 Å². The molecule has 1 spiro atoms. The molecule has 1 aromatic heterocycles. The van der Waals surface area contributed by atoms with Gasteiger partial charge >= 0.3 is 0 Å². The summed E-state index contributed by atoms with van der Waals surface area (Å²) in [5, 5.41) is 4.31. The van der Waals surface area contributed by atoms with Gasteiger partial charge in [0.05, 0.1) is 11.3 Å². The molecule has 2 aromatic carbocycles. The Hall–Kier alpha value is -2.92. The van der Waals surface area contributed by atoms with Crippen LogP contribution in [0.15, 0.2) is 60.8 Å². The summed E-state index contributed by atoms with van der Waals surface area (Å²) in [6.45, 7) is 3.44. The second-order valence-corrected chi connectivity index (χ2v) is 9.98. The van der Waals surface area contributed by atoms with Crippen LogP contribution in [-0.2, 0) is 6.42 Å². The molecule has 176 valence electrons. The molecule has 1 saturated heterocycles. The second kappa shape index (κ2) is 9.38. The lowest BCUT2D eigenvalue weighted by Crippen LogP contribution is -2.50. The first kappa shape index (κ1) is 22.9. The Bertz CT molecular complexity index is 1200. The lowest BCUT2D eigenvalue weighted by Gasteiger charge is -2.40. The van der Waals surface area contributed by atoms with Crippen molar-refractivity contribution < 1.29 is 9.18 Å². The van der Waals surface area contributed by atoms with E-state index in [-0.39, 0.29) is 11.9 Å². The summed E-state index contributed by atoms with van der Waals surface area (Å²) < 4.78 is 14.3. The Morgan fingerprint density at radius 3 is 2.76 bits per heavy atom. The van der Waals surface area contributed by atoms with E-state index in [1.165, 1.54) is 25.0 Å². The van der Waals surface area contributed by atoms with Crippen LogP contribution in [0.1, 0.15) is 48.5 Å². The van der Waals surface area contributed by atoms with E-state index in [9.17, 15) is 9.18 Å². The lowest BCUT2D eigenvalue weighted by molar-refractivity contribution is 0.0546. The third kappa shape index (κ3) is 4.67. The molecule has 1 N–H and O–H groups in total. The van der Waals surface area contributed by atoms with Crippen molar-refractivity contribution >= 4 is 23.2 Å². The average Bonchev–Trinajstić information content (AvgIpc) is 3.61. The quantitative estimate of drug-likeness (QED) is 0.435. The number of hydrogen-bond donors (Lipinski definition) is 1. The zero-order chi connectivity index (χ0) is 23.7. The number of aryl methyl sites for hydroxylation is 1. The molecule has 0 radical (unpaired) electrons. The number of amides is 1. The maximum Gasteiger partial charge on any atom is 0.254 e. The highest BCUT2D eigenvalue weighted by molar-refractivity contribution is 6.30. The predicted octanol–water partition coefficient (Wildman–Crippen LogP) is 6.60. The molecule has 0 bridgehead atoms. The van der Waals surface area contributed by atoms with Crippen LogP contribution in [0.25, 0.3) is 11.3 Å². The first-order chi connectivity index (χ1) is 16.5. The maximum atomic E-state index is 14.3. The van der Waals surface area contributed by atoms with E-state index in [4.69, 9.17) is 11.6 Å². The fourth-order valence-corrected chi connectivity index (χ4v) is 5.38. The summed E-state index contributed by atoms with van der Waals surface area (Å²) in [6, 6.07) is 15.9. The average molecular weight is 478 g/mol. The molecule has 1 unspecified atom stereocenters. The number of benzene rings is 2. The minimum absolute atomic E-state index is 0.0315. The van der Waals surface area contributed by atoms with Gasteiger partial charge in [-0.3, -0.25) is 9.78 Å². The van der Waals surface area contributed by atoms with E-state index in [2.05, 4.69) is 17.2 Å². The standard InChI is InChI=1S/C28H29ClFN3O/c1-2-19-15-20(29)6-9-25(19)32-18-22-17-28(10-11-28)12-14-33(22)27(34)24-16-21(30)7-8-23(24)26-5-3-4-13-31-26/h3-9,13,15-16,22,32H,2,10-12,14,17-18H2,1H3. The molecule has 34 heavy (non-hydrogen) atoms. The Morgan fingerprint density at radius 2 is 2.03 bits per heavy atom. The largest absolute Gasteiger partial charge is 0.383 e. The minimum Gasteiger partial charge on any atom is -0.383 e. The molecule has 3 aromatic rings. The molecule has 2 heterocycles. The van der Waals surface area contributed by atoms with Crippen LogP contribution >= 0.6 is 11.6 Å². The lowest BCUT2D eigenvalue weighted by atomic mass is 9.87. The highest BCUT2D eigenvalue weighted by Crippen LogP contribution is 2.55. The fraction of sp³-hybridized carbons (Fsp3) is 0.357. The second-order valence-electron chi connectivity index (χ2n) is 9.55. The van der Waals surface area contributed by atoms with Crippen LogP contribution in [0.2, 0.25) is 5.02 Å². The molecule has 2 aliphatic rings. The Labute approximate surface area is 205 Å². The molecule has 1 amide bonds. The molecule has 6 heteroatoms. The zero-order valence-corrected chi connectivity index (χ0v) is 20.1. The van der Waals surface area contributed by atoms with Crippen molar-refractivity contribution in [2.45, 2.75) is 45.1 Å². The number of hydrogen-bond acceptors (Lipinski definition) is 3. The smallest absolute Gasteiger partial charge is 0.254 e. The Balaban J connectivity index is 1.43. The zero-order valence-electron chi connectivity index (χ0n) is 19.4. The number of carbonyl (C=O) groups is 1. The van der Waals surface area contributed by atoms with Crippen molar-refractivity contribution in [3.63, 3.8) is 0 Å². The first-order valence-corrected chi connectivity index (χ1v) is 12.4. The summed E-state index contributed by atoms with van der Waals surface area (Å²) in [6.07, 6.45) is 6.99. The van der Waals surface area contributed by atoms with Crippen molar-refractivity contribution in [2.24, 2.45) is 5.41 Å². The van der Waals surface area contributed by atoms with Crippen molar-refractivity contribution in [1.82, 2.24) is 9.88 Å². The number of aromatic nitrogens is 1. The summed E-state index contributed by atoms with van der Waals surface area (Å²) >= 11 is 6.18. The van der Waals surface area contributed by atoms with Crippen molar-refractivity contribution in [1.29, 1.82) is 0 Å². The number of anilines is 1. The number of pyridine rings is 1. The fourth-order valence-electron chi connectivity index (χ4n) is 5.18. The molecular formula is C28H29ClFN3O. The summed E-state index contributed by atoms with van der Waals surface area (Å²) in [5.74, 6) is -0.545. The number of halogens is 2. The maximum absolute atomic E-state index is 14.3. The van der Waals surface area contributed by atoms with Crippen LogP contribution < -0.4 is 5.32 Å². The molecule has 1 aliphatic heterocycles. The van der Waals surface area contributed by atoms with Crippen LogP contribution in [0.5, 0.6) is 0 Å². The van der Waals surface area contributed by atoms with Gasteiger partial charge in [-0.1, -0.05) is 24.6 Å². The summed E-state index contributed by atoms with van der Waals surface area (Å²) in [5.41, 5.74) is 4.28. The van der Waals surface area contributed by atoms with Gasteiger partial charge in [-0.25, -0.2) is 4.39 Å². The van der Waals surface area contributed by atoms with Gasteiger partial charge in [-0.2, -0.15) is 0 Å². The topological polar surface area (TPSA) is 45.2 Å². The number of rotatable bonds is 6. The van der Waals surface area contributed by atoms with Crippen LogP contribution in [0, 0.1) is 11.2 Å². The monoisotopic (exact) mass is 477 g/mol. The number of piperidine rings is 1. The molecule has 1 saturated carbocycles. The van der Waals surface area contributed by atoms with Gasteiger partial charge < -0.3 is 10.2 Å². The van der Waals surface area contributed by atoms with E-state index in [0.29, 0.717) is 35.3 Å². The normalized spacial score (nSPS) is 18.7. The number of likely N-dealkylation sites (tertiary alicyclic amines) is 1.